The van der Waals surface area contributed by atoms with Crippen molar-refractivity contribution in [1.82, 2.24) is 41.6 Å². The summed E-state index contributed by atoms with van der Waals surface area (Å²) in [4.78, 5) is 87.2. The van der Waals surface area contributed by atoms with E-state index in [9.17, 15) is 55.5 Å². The highest BCUT2D eigenvalue weighted by atomic mass is 19.2. The van der Waals surface area contributed by atoms with Crippen LogP contribution in [0.15, 0.2) is 24.3 Å². The molecule has 3 aromatic rings. The number of esters is 1. The Labute approximate surface area is 428 Å². The van der Waals surface area contributed by atoms with Crippen LogP contribution in [0.5, 0.6) is 5.75 Å². The Morgan fingerprint density at radius 3 is 2.09 bits per heavy atom. The molecule has 2 aromatic carbocycles. The Morgan fingerprint density at radius 2 is 1.41 bits per heavy atom. The van der Waals surface area contributed by atoms with Gasteiger partial charge in [-0.3, -0.25) is 19.2 Å². The third-order valence-electron chi connectivity index (χ3n) is 12.3. The largest absolute Gasteiger partial charge is 0.449 e. The van der Waals surface area contributed by atoms with E-state index in [1.807, 2.05) is 0 Å². The van der Waals surface area contributed by atoms with Crippen molar-refractivity contribution < 1.29 is 79.2 Å². The fraction of sp³-hybridized carbons (Fsp3) is 0.562. The smallest absolute Gasteiger partial charge is 0.407 e. The van der Waals surface area contributed by atoms with Crippen molar-refractivity contribution in [3.8, 4) is 5.75 Å². The van der Waals surface area contributed by atoms with Crippen molar-refractivity contribution in [2.75, 3.05) is 58.0 Å². The predicted octanol–water partition coefficient (Wildman–Crippen LogP) is 3.82. The summed E-state index contributed by atoms with van der Waals surface area (Å²) in [6.07, 6.45) is 1.56. The second-order valence-electron chi connectivity index (χ2n) is 18.0. The molecule has 22 nitrogen and oxygen atoms in total. The molecule has 2 aliphatic rings. The number of carbonyl (C=O) groups excluding carboxylic acids is 7. The highest BCUT2D eigenvalue weighted by Crippen LogP contribution is 2.53. The van der Waals surface area contributed by atoms with Gasteiger partial charge in [-0.15, -0.1) is 5.10 Å². The Kier molecular flexibility index (Phi) is 22.8. The van der Waals surface area contributed by atoms with Gasteiger partial charge in [0.2, 0.25) is 52.6 Å². The number of benzene rings is 2. The number of hydrogen-bond donors (Lipinski definition) is 7. The van der Waals surface area contributed by atoms with Crippen molar-refractivity contribution in [1.29, 1.82) is 0 Å². The number of nitrogens with one attached hydrogen (secondary N) is 6. The summed E-state index contributed by atoms with van der Waals surface area (Å²) in [6.45, 7) is 6.26. The highest BCUT2D eigenvalue weighted by molar-refractivity contribution is 5.98. The van der Waals surface area contributed by atoms with Gasteiger partial charge in [0.1, 0.15) is 18.7 Å². The van der Waals surface area contributed by atoms with E-state index in [2.05, 4.69) is 46.9 Å². The van der Waals surface area contributed by atoms with Crippen molar-refractivity contribution in [2.45, 2.75) is 97.4 Å². The zero-order valence-corrected chi connectivity index (χ0v) is 41.7. The van der Waals surface area contributed by atoms with Gasteiger partial charge in [0.15, 0.2) is 0 Å². The number of nitrogens with two attached hydrogens (primary N) is 1. The Balaban J connectivity index is 0.972. The van der Waals surface area contributed by atoms with Crippen LogP contribution in [0.25, 0.3) is 0 Å². The number of fused-ring (bicyclic) bond motifs is 2. The average molecular weight is 1070 g/mol. The predicted molar refractivity (Wildman–Crippen MR) is 254 cm³/mol. The van der Waals surface area contributed by atoms with Crippen LogP contribution in [-0.4, -0.2) is 122 Å². The first-order valence-corrected chi connectivity index (χ1v) is 24.5. The van der Waals surface area contributed by atoms with Crippen LogP contribution >= 0.6 is 0 Å². The summed E-state index contributed by atoms with van der Waals surface area (Å²) < 4.78 is 95.0. The fourth-order valence-electron chi connectivity index (χ4n) is 8.30. The minimum atomic E-state index is -2.39. The van der Waals surface area contributed by atoms with Gasteiger partial charge in [0.25, 0.3) is 0 Å². The van der Waals surface area contributed by atoms with Crippen LogP contribution < -0.4 is 42.4 Å². The molecule has 75 heavy (non-hydrogen) atoms. The lowest BCUT2D eigenvalue weighted by Crippen LogP contribution is -2.54. The summed E-state index contributed by atoms with van der Waals surface area (Å²) in [5.41, 5.74) is 8.13. The number of primary amides is 1. The van der Waals surface area contributed by atoms with E-state index in [0.717, 1.165) is 24.2 Å². The summed E-state index contributed by atoms with van der Waals surface area (Å²) in [5.74, 6) is -15.6. The molecule has 8 N–H and O–H groups in total. The first-order chi connectivity index (χ1) is 35.9. The first kappa shape index (κ1) is 58.7. The number of alkyl carbamates (subject to hydrolysis) is 2. The maximum Gasteiger partial charge on any atom is 0.407 e. The van der Waals surface area contributed by atoms with Crippen LogP contribution in [0.2, 0.25) is 0 Å². The van der Waals surface area contributed by atoms with Crippen molar-refractivity contribution in [2.24, 2.45) is 29.4 Å². The van der Waals surface area contributed by atoms with E-state index >= 15 is 0 Å². The monoisotopic (exact) mass is 1070 g/mol. The van der Waals surface area contributed by atoms with Crippen LogP contribution in [0.4, 0.5) is 42.0 Å². The van der Waals surface area contributed by atoms with Gasteiger partial charge in [-0.1, -0.05) is 31.2 Å². The zero-order chi connectivity index (χ0) is 54.6. The molecule has 0 radical (unpaired) electrons. The average Bonchev–Trinajstić information content (AvgIpc) is 3.89. The number of amides is 7. The minimum Gasteiger partial charge on any atom is -0.449 e. The second-order valence-corrected chi connectivity index (χ2v) is 18.0. The van der Waals surface area contributed by atoms with Crippen molar-refractivity contribution in [3.63, 3.8) is 0 Å². The molecule has 5 atom stereocenters. The normalized spacial score (nSPS) is 16.4. The molecule has 0 saturated heterocycles. The van der Waals surface area contributed by atoms with Crippen molar-refractivity contribution in [3.05, 3.63) is 70.3 Å². The van der Waals surface area contributed by atoms with Gasteiger partial charge in [-0.2, -0.15) is 8.78 Å². The van der Waals surface area contributed by atoms with E-state index in [1.165, 1.54) is 0 Å². The number of aromatic nitrogens is 3. The van der Waals surface area contributed by atoms with E-state index in [1.54, 1.807) is 49.7 Å². The number of hydrogen-bond acceptors (Lipinski definition) is 14. The van der Waals surface area contributed by atoms with E-state index in [4.69, 9.17) is 24.7 Å². The lowest BCUT2D eigenvalue weighted by molar-refractivity contribution is -0.136. The number of urea groups is 1. The first-order valence-electron chi connectivity index (χ1n) is 24.5. The molecule has 7 amide bonds. The standard InChI is InChI=1S/C48H63F5N10O12/c1-4-55-47(69)73-24-27-7-9-28(10-8-27)58-44(66)33(6-5-17-56-46(54)68)59-45(67)42(26(2)3)60-35(64)15-20-72-23-19-63-34-14-12-30-29(11-13-32(34)61-62-63)31(30)25-74-48(70)57-18-22-71-21-16-36(65)75-43-40(52)38(50)37(49)39(51)41(43)53/h7-10,26,29-31,33,42H,4-6,11-25H2,1-3H3,(H,55,69)(H,57,70)(H,58,66)(H,59,67)(H,60,64)(H3,54,56,68)/t29?,30?,31?,33-,42-/m0/s1. The Morgan fingerprint density at radius 1 is 0.760 bits per heavy atom. The molecular weight excluding hydrogens is 1000 g/mol. The number of halogens is 5. The molecule has 1 heterocycles. The highest BCUT2D eigenvalue weighted by Gasteiger charge is 2.50. The summed E-state index contributed by atoms with van der Waals surface area (Å²) in [6, 6.07) is 3.81. The molecule has 1 saturated carbocycles. The fourth-order valence-corrected chi connectivity index (χ4v) is 8.30. The summed E-state index contributed by atoms with van der Waals surface area (Å²) in [5, 5.41) is 24.5. The maximum absolute atomic E-state index is 13.7. The molecule has 0 aliphatic heterocycles. The molecule has 0 bridgehead atoms. The molecule has 27 heteroatoms. The zero-order valence-electron chi connectivity index (χ0n) is 41.7. The van der Waals surface area contributed by atoms with Crippen molar-refractivity contribution >= 4 is 47.6 Å². The molecule has 412 valence electrons. The summed E-state index contributed by atoms with van der Waals surface area (Å²) >= 11 is 0. The number of aryl methyl sites for hydroxylation is 1. The molecule has 0 spiro atoms. The second kappa shape index (κ2) is 29.1. The van der Waals surface area contributed by atoms with E-state index in [-0.39, 0.29) is 77.4 Å². The van der Waals surface area contributed by atoms with Gasteiger partial charge in [0.05, 0.1) is 57.4 Å². The molecule has 2 aliphatic carbocycles. The van der Waals surface area contributed by atoms with E-state index in [0.29, 0.717) is 55.4 Å². The number of nitrogens with zero attached hydrogens (tertiary/aromatic N) is 3. The Hall–Kier alpha value is -7.16. The third-order valence-corrected chi connectivity index (χ3v) is 12.3. The minimum absolute atomic E-state index is 0.0131. The van der Waals surface area contributed by atoms with Gasteiger partial charge < -0.3 is 61.3 Å². The van der Waals surface area contributed by atoms with E-state index < -0.39 is 95.2 Å². The number of ether oxygens (including phenoxy) is 5. The molecule has 1 aromatic heterocycles. The number of rotatable bonds is 28. The Bertz CT molecular complexity index is 2440. The molecular formula is C48H63F5N10O12. The van der Waals surface area contributed by atoms with Crippen LogP contribution in [-0.2, 0) is 64.1 Å². The van der Waals surface area contributed by atoms with Gasteiger partial charge in [0, 0.05) is 31.7 Å². The van der Waals surface area contributed by atoms with Crippen LogP contribution in [0.3, 0.4) is 0 Å². The lowest BCUT2D eigenvalue weighted by Gasteiger charge is -2.25. The SMILES string of the molecule is CCNC(=O)OCc1ccc(NC(=O)[C@H](CCCNC(N)=O)NC(=O)[C@@H](NC(=O)CCOCCn2nnc3c2CCC2C(CC3)C2COC(=O)NCCOCCC(=O)Oc2c(F)c(F)c(F)c(F)c2F)C(C)C)cc1. The molecule has 1 fully saturated rings. The number of carbonyl (C=O) groups is 7. The van der Waals surface area contributed by atoms with Crippen LogP contribution in [0, 0.1) is 52.8 Å². The van der Waals surface area contributed by atoms with Gasteiger partial charge in [-0.05, 0) is 86.8 Å². The summed E-state index contributed by atoms with van der Waals surface area (Å²) in [7, 11) is 0. The molecule has 5 rings (SSSR count). The maximum atomic E-state index is 13.7. The van der Waals surface area contributed by atoms with Crippen LogP contribution in [0.1, 0.15) is 76.2 Å². The lowest BCUT2D eigenvalue weighted by atomic mass is 10.0. The molecule has 3 unspecified atom stereocenters. The number of anilines is 1. The van der Waals surface area contributed by atoms with Gasteiger partial charge in [-0.25, -0.2) is 32.2 Å². The van der Waals surface area contributed by atoms with Gasteiger partial charge >= 0.3 is 24.2 Å². The topological polar surface area (TPSA) is 295 Å². The third kappa shape index (κ3) is 18.0. The quantitative estimate of drug-likeness (QED) is 0.0136.